The molecule has 2 aromatic rings. The van der Waals surface area contributed by atoms with Crippen molar-refractivity contribution in [3.8, 4) is 11.1 Å². The van der Waals surface area contributed by atoms with Crippen molar-refractivity contribution >= 4 is 6.08 Å². The highest BCUT2D eigenvalue weighted by Gasteiger charge is 2.39. The largest absolute Gasteiger partial charge is 0.0992 e. The molecule has 3 atom stereocenters. The summed E-state index contributed by atoms with van der Waals surface area (Å²) in [5.41, 5.74) is 14.8. The molecule has 0 saturated heterocycles. The molecule has 0 nitrogen and oxygen atoms in total. The second-order valence-corrected chi connectivity index (χ2v) is 11.7. The zero-order valence-electron chi connectivity index (χ0n) is 20.6. The molecule has 0 heteroatoms. The number of aryl methyl sites for hydroxylation is 2. The Bertz CT molecular complexity index is 1160. The van der Waals surface area contributed by atoms with Crippen LogP contribution < -0.4 is 0 Å². The zero-order chi connectivity index (χ0) is 22.7. The highest BCUT2D eigenvalue weighted by molar-refractivity contribution is 5.80. The standard InChI is InChI=1S/C33H38/c1-20-12-23(4)31(19-28-15-24-10-11-26(28)14-24)33(13-20)29-7-5-6-27-16-25(18-32(27)29)17-30-21(2)8-9-22(30)3/h5-7,12-13,16,24,26,28,30H,2-3,8-11,14-15,17-19H2,1,4H3/t24-,26+,28-/m0/s1. The van der Waals surface area contributed by atoms with Gasteiger partial charge in [-0.05, 0) is 116 Å². The molecule has 3 saturated carbocycles. The van der Waals surface area contributed by atoms with Gasteiger partial charge in [-0.1, -0.05) is 78.3 Å². The Balaban J connectivity index is 1.32. The number of fused-ring (bicyclic) bond motifs is 3. The fourth-order valence-electron chi connectivity index (χ4n) is 7.73. The van der Waals surface area contributed by atoms with Crippen LogP contribution in [0.2, 0.25) is 0 Å². The third-order valence-electron chi connectivity index (χ3n) is 9.45. The number of hydrogen-bond donors (Lipinski definition) is 0. The monoisotopic (exact) mass is 434 g/mol. The van der Waals surface area contributed by atoms with E-state index in [1.54, 1.807) is 16.7 Å². The van der Waals surface area contributed by atoms with Gasteiger partial charge in [-0.2, -0.15) is 0 Å². The second kappa shape index (κ2) is 8.15. The summed E-state index contributed by atoms with van der Waals surface area (Å²) < 4.78 is 0. The Kier molecular flexibility index (Phi) is 5.24. The Morgan fingerprint density at radius 1 is 0.909 bits per heavy atom. The summed E-state index contributed by atoms with van der Waals surface area (Å²) in [6.45, 7) is 13.3. The topological polar surface area (TPSA) is 0 Å². The molecule has 0 spiro atoms. The van der Waals surface area contributed by atoms with Gasteiger partial charge in [0.05, 0.1) is 0 Å². The molecule has 0 radical (unpaired) electrons. The normalized spacial score (nSPS) is 26.4. The van der Waals surface area contributed by atoms with Crippen LogP contribution >= 0.6 is 0 Å². The first-order chi connectivity index (χ1) is 16.0. The third-order valence-corrected chi connectivity index (χ3v) is 9.45. The average molecular weight is 435 g/mol. The lowest BCUT2D eigenvalue weighted by Crippen LogP contribution is -2.14. The fraction of sp³-hybridized carbons (Fsp3) is 0.455. The van der Waals surface area contributed by atoms with Gasteiger partial charge in [0, 0.05) is 5.92 Å². The minimum atomic E-state index is 0.489. The summed E-state index contributed by atoms with van der Waals surface area (Å²) in [5, 5.41) is 0. The van der Waals surface area contributed by atoms with Crippen LogP contribution in [0.3, 0.4) is 0 Å². The maximum Gasteiger partial charge on any atom is 0.00392 e. The average Bonchev–Trinajstić information content (AvgIpc) is 3.56. The quantitative estimate of drug-likeness (QED) is 0.412. The molecule has 0 amide bonds. The molecule has 0 heterocycles. The van der Waals surface area contributed by atoms with Crippen LogP contribution in [-0.4, -0.2) is 0 Å². The van der Waals surface area contributed by atoms with Crippen LogP contribution in [0.25, 0.3) is 17.2 Å². The molecule has 33 heavy (non-hydrogen) atoms. The summed E-state index contributed by atoms with van der Waals surface area (Å²) >= 11 is 0. The van der Waals surface area contributed by atoms with Crippen molar-refractivity contribution in [3.63, 3.8) is 0 Å². The molecule has 4 aliphatic carbocycles. The maximum atomic E-state index is 4.35. The van der Waals surface area contributed by atoms with Gasteiger partial charge >= 0.3 is 0 Å². The summed E-state index contributed by atoms with van der Waals surface area (Å²) in [6.07, 6.45) is 14.1. The Labute approximate surface area is 200 Å². The molecule has 6 rings (SSSR count). The highest BCUT2D eigenvalue weighted by Crippen LogP contribution is 2.50. The molecule has 0 aromatic heterocycles. The van der Waals surface area contributed by atoms with E-state index >= 15 is 0 Å². The van der Waals surface area contributed by atoms with Gasteiger partial charge < -0.3 is 0 Å². The minimum absolute atomic E-state index is 0.489. The van der Waals surface area contributed by atoms with Gasteiger partial charge in [0.15, 0.2) is 0 Å². The highest BCUT2D eigenvalue weighted by atomic mass is 14.4. The Morgan fingerprint density at radius 3 is 2.45 bits per heavy atom. The van der Waals surface area contributed by atoms with Crippen LogP contribution in [0.5, 0.6) is 0 Å². The van der Waals surface area contributed by atoms with E-state index in [-0.39, 0.29) is 0 Å². The van der Waals surface area contributed by atoms with E-state index in [0.29, 0.717) is 5.92 Å². The van der Waals surface area contributed by atoms with E-state index in [1.165, 1.54) is 71.1 Å². The van der Waals surface area contributed by atoms with Crippen molar-refractivity contribution in [1.82, 2.24) is 0 Å². The lowest BCUT2D eigenvalue weighted by molar-refractivity contribution is 0.331. The van der Waals surface area contributed by atoms with Gasteiger partial charge in [-0.15, -0.1) is 0 Å². The molecular formula is C33H38. The Hall–Kier alpha value is -2.34. The zero-order valence-corrected chi connectivity index (χ0v) is 20.6. The molecule has 3 fully saturated rings. The van der Waals surface area contributed by atoms with E-state index in [1.807, 2.05) is 0 Å². The van der Waals surface area contributed by atoms with E-state index in [2.05, 4.69) is 63.4 Å². The van der Waals surface area contributed by atoms with Gasteiger partial charge in [0.2, 0.25) is 0 Å². The summed E-state index contributed by atoms with van der Waals surface area (Å²) in [7, 11) is 0. The number of rotatable bonds is 5. The smallest absolute Gasteiger partial charge is 0.00392 e. The first kappa shape index (κ1) is 21.2. The molecule has 170 valence electrons. The van der Waals surface area contributed by atoms with E-state index < -0.39 is 0 Å². The van der Waals surface area contributed by atoms with E-state index in [4.69, 9.17) is 0 Å². The number of benzene rings is 2. The van der Waals surface area contributed by atoms with Gasteiger partial charge in [0.1, 0.15) is 0 Å². The molecule has 2 bridgehead atoms. The number of allylic oxidation sites excluding steroid dienone is 3. The van der Waals surface area contributed by atoms with Crippen molar-refractivity contribution in [3.05, 3.63) is 88.0 Å². The molecule has 4 aliphatic rings. The van der Waals surface area contributed by atoms with Gasteiger partial charge in [-0.3, -0.25) is 0 Å². The van der Waals surface area contributed by atoms with Crippen LogP contribution in [0.1, 0.15) is 72.8 Å². The molecule has 0 aliphatic heterocycles. The van der Waals surface area contributed by atoms with Gasteiger partial charge in [0.25, 0.3) is 0 Å². The fourth-order valence-corrected chi connectivity index (χ4v) is 7.73. The second-order valence-electron chi connectivity index (χ2n) is 11.7. The van der Waals surface area contributed by atoms with E-state index in [9.17, 15) is 0 Å². The van der Waals surface area contributed by atoms with Crippen molar-refractivity contribution in [1.29, 1.82) is 0 Å². The molecule has 2 aromatic carbocycles. The number of hydrogen-bond acceptors (Lipinski definition) is 0. The van der Waals surface area contributed by atoms with Crippen LogP contribution in [0.4, 0.5) is 0 Å². The third kappa shape index (κ3) is 3.76. The predicted molar refractivity (Wildman–Crippen MR) is 141 cm³/mol. The molecular weight excluding hydrogens is 396 g/mol. The SMILES string of the molecule is C=C1CCC(=C)C1CC1=Cc2cccc(-c3cc(C)cc(C)c3C[C@@H]3C[C@H]4CC[C@@H]3C4)c2C1. The summed E-state index contributed by atoms with van der Waals surface area (Å²) in [5.74, 6) is 3.38. The minimum Gasteiger partial charge on any atom is -0.0992 e. The predicted octanol–water partition coefficient (Wildman–Crippen LogP) is 8.80. The maximum absolute atomic E-state index is 4.35. The van der Waals surface area contributed by atoms with Crippen LogP contribution in [0, 0.1) is 37.5 Å². The molecule has 0 unspecified atom stereocenters. The van der Waals surface area contributed by atoms with Crippen molar-refractivity contribution < 1.29 is 0 Å². The van der Waals surface area contributed by atoms with Gasteiger partial charge in [-0.25, -0.2) is 0 Å². The van der Waals surface area contributed by atoms with E-state index in [0.717, 1.165) is 43.4 Å². The lowest BCUT2D eigenvalue weighted by Gasteiger charge is -2.25. The first-order valence-corrected chi connectivity index (χ1v) is 13.2. The lowest BCUT2D eigenvalue weighted by atomic mass is 9.80. The molecule has 0 N–H and O–H groups in total. The van der Waals surface area contributed by atoms with Crippen molar-refractivity contribution in [2.24, 2.45) is 23.7 Å². The van der Waals surface area contributed by atoms with Crippen LogP contribution in [0.15, 0.2) is 60.2 Å². The van der Waals surface area contributed by atoms with Crippen molar-refractivity contribution in [2.45, 2.75) is 71.6 Å². The summed E-state index contributed by atoms with van der Waals surface area (Å²) in [6, 6.07) is 11.9. The first-order valence-electron chi connectivity index (χ1n) is 13.2. The Morgan fingerprint density at radius 2 is 1.73 bits per heavy atom. The summed E-state index contributed by atoms with van der Waals surface area (Å²) in [4.78, 5) is 0. The van der Waals surface area contributed by atoms with Crippen LogP contribution in [-0.2, 0) is 12.8 Å². The van der Waals surface area contributed by atoms with Crippen molar-refractivity contribution in [2.75, 3.05) is 0 Å².